The zero-order chi connectivity index (χ0) is 20.9. The molecule has 1 amide bonds. The number of hydrogen-bond acceptors (Lipinski definition) is 5. The number of benzene rings is 2. The van der Waals surface area contributed by atoms with E-state index in [1.165, 1.54) is 30.5 Å². The minimum Gasteiger partial charge on any atom is -0.484 e. The number of nitrogens with one attached hydrogen (secondary N) is 1. The maximum Gasteiger partial charge on any atom is 0.257 e. The summed E-state index contributed by atoms with van der Waals surface area (Å²) >= 11 is 11.6. The van der Waals surface area contributed by atoms with Crippen molar-refractivity contribution in [2.75, 3.05) is 13.2 Å². The molecule has 0 aliphatic carbocycles. The van der Waals surface area contributed by atoms with Crippen LogP contribution >= 0.6 is 23.2 Å². The van der Waals surface area contributed by atoms with Crippen molar-refractivity contribution in [1.82, 2.24) is 5.32 Å². The van der Waals surface area contributed by atoms with Gasteiger partial charge in [0.15, 0.2) is 16.4 Å². The van der Waals surface area contributed by atoms with E-state index in [0.29, 0.717) is 15.8 Å². The number of sulfone groups is 1. The average Bonchev–Trinajstić information content (AvgIpc) is 3.22. The van der Waals surface area contributed by atoms with Gasteiger partial charge in [-0.15, -0.1) is 0 Å². The van der Waals surface area contributed by atoms with Crippen LogP contribution in [0.3, 0.4) is 0 Å². The van der Waals surface area contributed by atoms with Gasteiger partial charge in [-0.05, 0) is 60.7 Å². The molecule has 1 N–H and O–H groups in total. The van der Waals surface area contributed by atoms with Crippen LogP contribution in [0.2, 0.25) is 10.0 Å². The van der Waals surface area contributed by atoms with E-state index in [1.807, 2.05) is 0 Å². The lowest BCUT2D eigenvalue weighted by Crippen LogP contribution is -2.34. The molecule has 3 aromatic rings. The Balaban J connectivity index is 1.69. The molecule has 0 saturated heterocycles. The smallest absolute Gasteiger partial charge is 0.257 e. The van der Waals surface area contributed by atoms with Gasteiger partial charge in [0.25, 0.3) is 5.91 Å². The van der Waals surface area contributed by atoms with Gasteiger partial charge in [0.2, 0.25) is 0 Å². The number of hydrogen-bond donors (Lipinski definition) is 1. The number of ether oxygens (including phenoxy) is 1. The zero-order valence-electron chi connectivity index (χ0n) is 15.0. The number of amides is 1. The molecule has 0 aliphatic rings. The second-order valence-corrected chi connectivity index (χ2v) is 9.05. The number of rotatable bonds is 8. The topological polar surface area (TPSA) is 85.6 Å². The summed E-state index contributed by atoms with van der Waals surface area (Å²) in [5.74, 6) is 0.225. The summed E-state index contributed by atoms with van der Waals surface area (Å²) in [6.45, 7) is -0.450. The first-order valence-corrected chi connectivity index (χ1v) is 10.8. The Bertz CT molecular complexity index is 1050. The molecule has 9 heteroatoms. The van der Waals surface area contributed by atoms with Gasteiger partial charge in [0.1, 0.15) is 16.8 Å². The van der Waals surface area contributed by atoms with Crippen molar-refractivity contribution in [1.29, 1.82) is 0 Å². The molecule has 29 heavy (non-hydrogen) atoms. The molecule has 2 aromatic carbocycles. The Kier molecular flexibility index (Phi) is 6.84. The third kappa shape index (κ3) is 5.53. The molecule has 0 fully saturated rings. The third-order valence-corrected chi connectivity index (χ3v) is 6.63. The van der Waals surface area contributed by atoms with Crippen LogP contribution in [-0.2, 0) is 14.6 Å². The van der Waals surface area contributed by atoms with Crippen LogP contribution in [0, 0.1) is 0 Å². The highest BCUT2D eigenvalue weighted by Crippen LogP contribution is 2.29. The van der Waals surface area contributed by atoms with E-state index < -0.39 is 21.0 Å². The fraction of sp³-hybridized carbons (Fsp3) is 0.150. The largest absolute Gasteiger partial charge is 0.484 e. The summed E-state index contributed by atoms with van der Waals surface area (Å²) in [6, 6.07) is 15.5. The summed E-state index contributed by atoms with van der Waals surface area (Å²) in [4.78, 5) is 12.2. The quantitative estimate of drug-likeness (QED) is 0.549. The average molecular weight is 454 g/mol. The van der Waals surface area contributed by atoms with Crippen LogP contribution in [0.25, 0.3) is 0 Å². The van der Waals surface area contributed by atoms with Crippen molar-refractivity contribution in [2.45, 2.75) is 10.1 Å². The van der Waals surface area contributed by atoms with Crippen molar-refractivity contribution in [3.8, 4) is 5.75 Å². The van der Waals surface area contributed by atoms with Gasteiger partial charge < -0.3 is 14.5 Å². The van der Waals surface area contributed by atoms with E-state index in [4.69, 9.17) is 32.4 Å². The number of carbonyl (C=O) groups is 1. The van der Waals surface area contributed by atoms with Crippen LogP contribution in [0.4, 0.5) is 0 Å². The van der Waals surface area contributed by atoms with E-state index in [9.17, 15) is 13.2 Å². The van der Waals surface area contributed by atoms with Crippen molar-refractivity contribution in [3.05, 3.63) is 82.7 Å². The SMILES string of the molecule is O=C(COc1ccc(Cl)cc1)NC[C@H](c1ccco1)S(=O)(=O)c1ccc(Cl)cc1. The predicted octanol–water partition coefficient (Wildman–Crippen LogP) is 4.30. The van der Waals surface area contributed by atoms with Crippen LogP contribution < -0.4 is 10.1 Å². The molecule has 152 valence electrons. The first-order valence-electron chi connectivity index (χ1n) is 8.54. The zero-order valence-corrected chi connectivity index (χ0v) is 17.4. The Hall–Kier alpha value is -2.48. The molecular weight excluding hydrogens is 437 g/mol. The molecule has 1 aromatic heterocycles. The molecule has 0 saturated carbocycles. The van der Waals surface area contributed by atoms with Crippen molar-refractivity contribution in [3.63, 3.8) is 0 Å². The first kappa shape index (κ1) is 21.2. The molecule has 0 aliphatic heterocycles. The van der Waals surface area contributed by atoms with E-state index in [-0.39, 0.29) is 23.8 Å². The Labute approximate surface area is 178 Å². The van der Waals surface area contributed by atoms with Crippen molar-refractivity contribution in [2.24, 2.45) is 0 Å². The van der Waals surface area contributed by atoms with Gasteiger partial charge >= 0.3 is 0 Å². The van der Waals surface area contributed by atoms with Crippen LogP contribution in [0.5, 0.6) is 5.75 Å². The molecule has 0 unspecified atom stereocenters. The number of furan rings is 1. The van der Waals surface area contributed by atoms with Gasteiger partial charge in [-0.1, -0.05) is 23.2 Å². The van der Waals surface area contributed by atoms with E-state index >= 15 is 0 Å². The fourth-order valence-corrected chi connectivity index (χ4v) is 4.40. The maximum absolute atomic E-state index is 13.1. The maximum atomic E-state index is 13.1. The molecule has 3 rings (SSSR count). The summed E-state index contributed by atoms with van der Waals surface area (Å²) in [5, 5.41) is 2.46. The van der Waals surface area contributed by atoms with Crippen LogP contribution in [-0.4, -0.2) is 27.5 Å². The van der Waals surface area contributed by atoms with Gasteiger partial charge in [0, 0.05) is 16.6 Å². The minimum absolute atomic E-state index is 0.0787. The van der Waals surface area contributed by atoms with Crippen molar-refractivity contribution >= 4 is 38.9 Å². The fourth-order valence-electron chi connectivity index (χ4n) is 2.56. The van der Waals surface area contributed by atoms with Crippen molar-refractivity contribution < 1.29 is 22.4 Å². The highest BCUT2D eigenvalue weighted by Gasteiger charge is 2.31. The first-order chi connectivity index (χ1) is 13.9. The molecule has 1 heterocycles. The van der Waals surface area contributed by atoms with E-state index in [0.717, 1.165) is 0 Å². The second-order valence-electron chi connectivity index (χ2n) is 6.05. The summed E-state index contributed by atoms with van der Waals surface area (Å²) in [5.41, 5.74) is 0. The number of carbonyl (C=O) groups excluding carboxylic acids is 1. The van der Waals surface area contributed by atoms with Crippen LogP contribution in [0.1, 0.15) is 11.0 Å². The molecule has 6 nitrogen and oxygen atoms in total. The Morgan fingerprint density at radius 2 is 1.62 bits per heavy atom. The lowest BCUT2D eigenvalue weighted by molar-refractivity contribution is -0.123. The van der Waals surface area contributed by atoms with Gasteiger partial charge in [-0.2, -0.15) is 0 Å². The molecular formula is C20H17Cl2NO5S. The Morgan fingerprint density at radius 1 is 1.00 bits per heavy atom. The molecule has 1 atom stereocenters. The van der Waals surface area contributed by atoms with Gasteiger partial charge in [0.05, 0.1) is 11.2 Å². The molecule has 0 radical (unpaired) electrons. The third-order valence-electron chi connectivity index (χ3n) is 4.05. The monoisotopic (exact) mass is 453 g/mol. The van der Waals surface area contributed by atoms with Gasteiger partial charge in [-0.25, -0.2) is 8.42 Å². The van der Waals surface area contributed by atoms with E-state index in [1.54, 1.807) is 36.4 Å². The minimum atomic E-state index is -3.83. The highest BCUT2D eigenvalue weighted by atomic mass is 35.5. The lowest BCUT2D eigenvalue weighted by Gasteiger charge is -2.17. The van der Waals surface area contributed by atoms with E-state index in [2.05, 4.69) is 5.32 Å². The molecule has 0 bridgehead atoms. The summed E-state index contributed by atoms with van der Waals surface area (Å²) in [6.07, 6.45) is 1.38. The van der Waals surface area contributed by atoms with Crippen LogP contribution in [0.15, 0.2) is 76.2 Å². The lowest BCUT2D eigenvalue weighted by atomic mass is 10.3. The normalized spacial score (nSPS) is 12.3. The second kappa shape index (κ2) is 9.35. The summed E-state index contributed by atoms with van der Waals surface area (Å²) in [7, 11) is -3.83. The Morgan fingerprint density at radius 3 is 2.21 bits per heavy atom. The predicted molar refractivity (Wildman–Crippen MR) is 110 cm³/mol. The molecule has 0 spiro atoms. The standard InChI is InChI=1S/C20H17Cl2NO5S/c21-14-3-7-16(8-4-14)28-13-20(24)23-12-19(18-2-1-11-27-18)29(25,26)17-9-5-15(22)6-10-17/h1-11,19H,12-13H2,(H,23,24)/t19-/m1/s1. The summed E-state index contributed by atoms with van der Waals surface area (Å²) < 4.78 is 36.8. The highest BCUT2D eigenvalue weighted by molar-refractivity contribution is 7.91. The number of halogens is 2. The van der Waals surface area contributed by atoms with Gasteiger partial charge in [-0.3, -0.25) is 4.79 Å².